The summed E-state index contributed by atoms with van der Waals surface area (Å²) in [6.07, 6.45) is 3.87. The van der Waals surface area contributed by atoms with Crippen molar-refractivity contribution >= 4 is 22.6 Å². The zero-order chi connectivity index (χ0) is 20.5. The molecule has 0 unspecified atom stereocenters. The molecule has 1 aromatic carbocycles. The number of piperidine rings is 1. The lowest BCUT2D eigenvalue weighted by atomic mass is 10.1. The Hall–Kier alpha value is -2.89. The average Bonchev–Trinajstić information content (AvgIpc) is 3.01. The lowest BCUT2D eigenvalue weighted by Crippen LogP contribution is -2.29. The van der Waals surface area contributed by atoms with E-state index in [1.165, 1.54) is 24.9 Å². The molecule has 0 spiro atoms. The molecule has 2 aromatic heterocycles. The summed E-state index contributed by atoms with van der Waals surface area (Å²) in [7, 11) is 3.72. The van der Waals surface area contributed by atoms with Crippen LogP contribution >= 0.6 is 0 Å². The van der Waals surface area contributed by atoms with Gasteiger partial charge in [-0.05, 0) is 56.9 Å². The quantitative estimate of drug-likeness (QED) is 0.678. The van der Waals surface area contributed by atoms with Crippen LogP contribution in [-0.2, 0) is 13.6 Å². The number of carbonyl (C=O) groups is 1. The van der Waals surface area contributed by atoms with Gasteiger partial charge >= 0.3 is 0 Å². The van der Waals surface area contributed by atoms with E-state index in [0.717, 1.165) is 41.1 Å². The second-order valence-electron chi connectivity index (χ2n) is 8.09. The summed E-state index contributed by atoms with van der Waals surface area (Å²) in [5, 5.41) is 5.29. The van der Waals surface area contributed by atoms with Gasteiger partial charge in [0.2, 0.25) is 0 Å². The van der Waals surface area contributed by atoms with Crippen LogP contribution in [0.3, 0.4) is 0 Å². The van der Waals surface area contributed by atoms with Crippen molar-refractivity contribution in [1.82, 2.24) is 19.7 Å². The van der Waals surface area contributed by atoms with Crippen LogP contribution in [0.2, 0.25) is 0 Å². The van der Waals surface area contributed by atoms with Crippen LogP contribution < -0.4 is 4.90 Å². The third-order valence-corrected chi connectivity index (χ3v) is 5.75. The Labute approximate surface area is 172 Å². The number of anilines is 1. The minimum atomic E-state index is -0.00305. The van der Waals surface area contributed by atoms with Crippen molar-refractivity contribution in [3.8, 4) is 0 Å². The van der Waals surface area contributed by atoms with Crippen molar-refractivity contribution in [1.29, 1.82) is 0 Å². The fourth-order valence-electron chi connectivity index (χ4n) is 4.25. The Morgan fingerprint density at radius 1 is 1.10 bits per heavy atom. The topological polar surface area (TPSA) is 54.3 Å². The van der Waals surface area contributed by atoms with Crippen LogP contribution in [-0.4, -0.2) is 45.7 Å². The van der Waals surface area contributed by atoms with E-state index in [0.29, 0.717) is 12.1 Å². The van der Waals surface area contributed by atoms with Gasteiger partial charge < -0.3 is 9.80 Å². The van der Waals surface area contributed by atoms with Crippen LogP contribution in [0.15, 0.2) is 30.3 Å². The van der Waals surface area contributed by atoms with E-state index in [2.05, 4.69) is 39.2 Å². The Balaban J connectivity index is 1.54. The zero-order valence-electron chi connectivity index (χ0n) is 17.8. The number of hydrogen-bond donors (Lipinski definition) is 0. The number of hydrogen-bond acceptors (Lipinski definition) is 4. The Morgan fingerprint density at radius 3 is 2.48 bits per heavy atom. The first-order chi connectivity index (χ1) is 13.9. The molecule has 0 bridgehead atoms. The van der Waals surface area contributed by atoms with Crippen LogP contribution in [0, 0.1) is 13.8 Å². The van der Waals surface area contributed by atoms with Crippen LogP contribution in [0.4, 0.5) is 5.69 Å². The molecule has 1 saturated heterocycles. The number of carbonyl (C=O) groups excluding carboxylic acids is 1. The number of benzene rings is 1. The van der Waals surface area contributed by atoms with Gasteiger partial charge in [0.1, 0.15) is 0 Å². The first kappa shape index (κ1) is 19.4. The molecule has 152 valence electrons. The lowest BCUT2D eigenvalue weighted by Gasteiger charge is -2.29. The first-order valence-corrected chi connectivity index (χ1v) is 10.3. The maximum absolute atomic E-state index is 13.2. The number of fused-ring (bicyclic) bond motifs is 1. The Morgan fingerprint density at radius 2 is 1.79 bits per heavy atom. The number of aromatic nitrogens is 3. The predicted molar refractivity (Wildman–Crippen MR) is 116 cm³/mol. The molecule has 3 heterocycles. The van der Waals surface area contributed by atoms with E-state index in [9.17, 15) is 4.79 Å². The molecule has 0 radical (unpaired) electrons. The van der Waals surface area contributed by atoms with Crippen molar-refractivity contribution in [3.63, 3.8) is 0 Å². The van der Waals surface area contributed by atoms with Crippen molar-refractivity contribution in [2.24, 2.45) is 7.05 Å². The van der Waals surface area contributed by atoms with Gasteiger partial charge in [0.15, 0.2) is 5.65 Å². The van der Waals surface area contributed by atoms with Crippen molar-refractivity contribution in [3.05, 3.63) is 52.8 Å². The summed E-state index contributed by atoms with van der Waals surface area (Å²) >= 11 is 0. The molecule has 0 N–H and O–H groups in total. The highest BCUT2D eigenvalue weighted by atomic mass is 16.2. The molecule has 6 nitrogen and oxygen atoms in total. The van der Waals surface area contributed by atoms with Crippen molar-refractivity contribution in [2.45, 2.75) is 39.7 Å². The minimum Gasteiger partial charge on any atom is -0.372 e. The lowest BCUT2D eigenvalue weighted by molar-refractivity contribution is 0.0787. The second kappa shape index (κ2) is 7.85. The highest BCUT2D eigenvalue weighted by Crippen LogP contribution is 2.24. The van der Waals surface area contributed by atoms with E-state index in [1.807, 2.05) is 34.0 Å². The number of pyridine rings is 1. The maximum Gasteiger partial charge on any atom is 0.254 e. The van der Waals surface area contributed by atoms with Gasteiger partial charge in [0, 0.05) is 45.1 Å². The number of amides is 1. The van der Waals surface area contributed by atoms with Gasteiger partial charge in [-0.3, -0.25) is 9.48 Å². The SMILES string of the molecule is Cc1cc(C(=O)N(C)Cc2ccc(N3CCCCC3)cc2)c2c(C)nn(C)c2n1. The number of aryl methyl sites for hydroxylation is 3. The molecular formula is C23H29N5O. The molecule has 0 saturated carbocycles. The van der Waals surface area contributed by atoms with Crippen LogP contribution in [0.1, 0.15) is 46.6 Å². The van der Waals surface area contributed by atoms with E-state index in [4.69, 9.17) is 0 Å². The largest absolute Gasteiger partial charge is 0.372 e. The normalized spacial score (nSPS) is 14.4. The number of nitrogens with zero attached hydrogens (tertiary/aromatic N) is 5. The molecule has 1 fully saturated rings. The summed E-state index contributed by atoms with van der Waals surface area (Å²) in [6, 6.07) is 10.5. The zero-order valence-corrected chi connectivity index (χ0v) is 17.8. The third-order valence-electron chi connectivity index (χ3n) is 5.75. The smallest absolute Gasteiger partial charge is 0.254 e. The Bertz CT molecular complexity index is 1030. The molecule has 1 aliphatic heterocycles. The van der Waals surface area contributed by atoms with Crippen molar-refractivity contribution < 1.29 is 4.79 Å². The van der Waals surface area contributed by atoms with Crippen molar-refractivity contribution in [2.75, 3.05) is 25.0 Å². The highest BCUT2D eigenvalue weighted by Gasteiger charge is 2.20. The first-order valence-electron chi connectivity index (χ1n) is 10.3. The van der Waals surface area contributed by atoms with Crippen LogP contribution in [0.25, 0.3) is 11.0 Å². The molecular weight excluding hydrogens is 362 g/mol. The van der Waals surface area contributed by atoms with Gasteiger partial charge in [0.25, 0.3) is 5.91 Å². The summed E-state index contributed by atoms with van der Waals surface area (Å²) in [5.74, 6) is -0.00305. The van der Waals surface area contributed by atoms with Gasteiger partial charge in [0.05, 0.1) is 16.6 Å². The van der Waals surface area contributed by atoms with E-state index < -0.39 is 0 Å². The average molecular weight is 392 g/mol. The van der Waals surface area contributed by atoms with E-state index >= 15 is 0 Å². The van der Waals surface area contributed by atoms with Gasteiger partial charge in [-0.25, -0.2) is 4.98 Å². The molecule has 6 heteroatoms. The molecule has 1 amide bonds. The fourth-order valence-corrected chi connectivity index (χ4v) is 4.25. The van der Waals surface area contributed by atoms with Crippen LogP contribution in [0.5, 0.6) is 0 Å². The monoisotopic (exact) mass is 391 g/mol. The maximum atomic E-state index is 13.2. The van der Waals surface area contributed by atoms with E-state index in [-0.39, 0.29) is 5.91 Å². The minimum absolute atomic E-state index is 0.00305. The third kappa shape index (κ3) is 3.84. The summed E-state index contributed by atoms with van der Waals surface area (Å²) in [6.45, 7) is 6.69. The van der Waals surface area contributed by atoms with E-state index in [1.54, 1.807) is 9.58 Å². The Kier molecular flexibility index (Phi) is 5.26. The predicted octanol–water partition coefficient (Wildman–Crippen LogP) is 3.85. The fraction of sp³-hybridized carbons (Fsp3) is 0.435. The van der Waals surface area contributed by atoms with Gasteiger partial charge in [-0.2, -0.15) is 5.10 Å². The second-order valence-corrected chi connectivity index (χ2v) is 8.09. The molecule has 29 heavy (non-hydrogen) atoms. The molecule has 1 aliphatic rings. The standard InChI is InChI=1S/C23H29N5O/c1-16-14-20(21-17(2)25-27(4)22(21)24-16)23(29)26(3)15-18-8-10-19(11-9-18)28-12-6-5-7-13-28/h8-11,14H,5-7,12-13,15H2,1-4H3. The molecule has 4 rings (SSSR count). The number of rotatable bonds is 4. The molecule has 3 aromatic rings. The molecule has 0 atom stereocenters. The summed E-state index contributed by atoms with van der Waals surface area (Å²) < 4.78 is 1.74. The summed E-state index contributed by atoms with van der Waals surface area (Å²) in [5.41, 5.74) is 5.49. The van der Waals surface area contributed by atoms with Gasteiger partial charge in [-0.15, -0.1) is 0 Å². The highest BCUT2D eigenvalue weighted by molar-refractivity contribution is 6.06. The van der Waals surface area contributed by atoms with Gasteiger partial charge in [-0.1, -0.05) is 12.1 Å². The molecule has 0 aliphatic carbocycles. The summed E-state index contributed by atoms with van der Waals surface area (Å²) in [4.78, 5) is 22.0.